The van der Waals surface area contributed by atoms with Crippen LogP contribution >= 0.6 is 11.8 Å². The molecule has 0 unspecified atom stereocenters. The number of aryl methyl sites for hydroxylation is 2. The molecule has 0 atom stereocenters. The number of tetrazole rings is 1. The van der Waals surface area contributed by atoms with Crippen LogP contribution in [0.3, 0.4) is 0 Å². The van der Waals surface area contributed by atoms with Gasteiger partial charge in [-0.15, -0.1) is 5.10 Å². The molecule has 2 heterocycles. The van der Waals surface area contributed by atoms with Crippen LogP contribution < -0.4 is 5.73 Å². The van der Waals surface area contributed by atoms with Gasteiger partial charge < -0.3 is 5.73 Å². The largest absolute Gasteiger partial charge is 0.326 e. The fourth-order valence-corrected chi connectivity index (χ4v) is 4.02. The van der Waals surface area contributed by atoms with Crippen molar-refractivity contribution in [1.82, 2.24) is 25.2 Å². The van der Waals surface area contributed by atoms with Gasteiger partial charge in [-0.3, -0.25) is 4.98 Å². The first-order chi connectivity index (χ1) is 10.2. The molecular weight excluding hydrogens is 284 g/mol. The van der Waals surface area contributed by atoms with E-state index in [0.29, 0.717) is 12.6 Å². The van der Waals surface area contributed by atoms with E-state index in [1.165, 1.54) is 12.8 Å². The van der Waals surface area contributed by atoms with Crippen LogP contribution in [0.4, 0.5) is 0 Å². The van der Waals surface area contributed by atoms with Crippen molar-refractivity contribution in [3.05, 3.63) is 23.0 Å². The van der Waals surface area contributed by atoms with Crippen LogP contribution in [0.5, 0.6) is 0 Å². The fraction of sp³-hybridized carbons (Fsp3) is 0.571. The van der Waals surface area contributed by atoms with Gasteiger partial charge in [-0.1, -0.05) is 12.8 Å². The molecule has 2 N–H and O–H groups in total. The smallest absolute Gasteiger partial charge is 0.214 e. The molecule has 0 radical (unpaired) electrons. The molecule has 0 aromatic carbocycles. The Morgan fingerprint density at radius 3 is 2.81 bits per heavy atom. The molecule has 2 aromatic heterocycles. The van der Waals surface area contributed by atoms with Crippen molar-refractivity contribution in [2.45, 2.75) is 62.2 Å². The lowest BCUT2D eigenvalue weighted by atomic mass is 10.2. The highest BCUT2D eigenvalue weighted by Gasteiger charge is 2.22. The second-order valence-corrected chi connectivity index (χ2v) is 6.49. The summed E-state index contributed by atoms with van der Waals surface area (Å²) in [5.74, 6) is 0. The van der Waals surface area contributed by atoms with E-state index in [0.717, 1.165) is 39.8 Å². The lowest BCUT2D eigenvalue weighted by molar-refractivity contribution is 0.423. The van der Waals surface area contributed by atoms with E-state index < -0.39 is 0 Å². The Kier molecular flexibility index (Phi) is 4.21. The van der Waals surface area contributed by atoms with Crippen LogP contribution in [0.25, 0.3) is 0 Å². The molecule has 1 aliphatic carbocycles. The van der Waals surface area contributed by atoms with Gasteiger partial charge in [-0.2, -0.15) is 0 Å². The Bertz CT molecular complexity index is 632. The van der Waals surface area contributed by atoms with E-state index >= 15 is 0 Å². The van der Waals surface area contributed by atoms with Crippen LogP contribution in [-0.4, -0.2) is 25.2 Å². The molecule has 0 bridgehead atoms. The maximum Gasteiger partial charge on any atom is 0.214 e. The minimum Gasteiger partial charge on any atom is -0.326 e. The molecule has 112 valence electrons. The van der Waals surface area contributed by atoms with E-state index in [4.69, 9.17) is 5.73 Å². The number of nitrogens with zero attached hydrogens (tertiary/aromatic N) is 5. The molecule has 2 aromatic rings. The third-order valence-electron chi connectivity index (χ3n) is 3.96. The fourth-order valence-electron chi connectivity index (χ4n) is 2.89. The summed E-state index contributed by atoms with van der Waals surface area (Å²) in [5.41, 5.74) is 8.93. The standard InChI is InChI=1S/C14H20N6S/c1-9-7-13(12(8-15)10(2)16-9)21-14-17-18-19-20(14)11-5-3-4-6-11/h7,11H,3-6,8,15H2,1-2H3. The van der Waals surface area contributed by atoms with Crippen molar-refractivity contribution in [3.63, 3.8) is 0 Å². The minimum atomic E-state index is 0.438. The summed E-state index contributed by atoms with van der Waals surface area (Å²) in [6.07, 6.45) is 4.85. The van der Waals surface area contributed by atoms with Crippen LogP contribution in [0.15, 0.2) is 16.1 Å². The zero-order valence-corrected chi connectivity index (χ0v) is 13.2. The Balaban J connectivity index is 1.92. The molecule has 0 amide bonds. The Labute approximate surface area is 128 Å². The number of hydrogen-bond acceptors (Lipinski definition) is 6. The average molecular weight is 304 g/mol. The molecule has 0 spiro atoms. The van der Waals surface area contributed by atoms with Crippen molar-refractivity contribution in [2.75, 3.05) is 0 Å². The van der Waals surface area contributed by atoms with Gasteiger partial charge in [0.2, 0.25) is 5.16 Å². The normalized spacial score (nSPS) is 15.8. The first-order valence-electron chi connectivity index (χ1n) is 7.32. The van der Waals surface area contributed by atoms with Gasteiger partial charge in [0.25, 0.3) is 0 Å². The van der Waals surface area contributed by atoms with E-state index in [1.54, 1.807) is 11.8 Å². The third kappa shape index (κ3) is 2.94. The number of aromatic nitrogens is 5. The monoisotopic (exact) mass is 304 g/mol. The predicted molar refractivity (Wildman–Crippen MR) is 81.0 cm³/mol. The van der Waals surface area contributed by atoms with Crippen molar-refractivity contribution < 1.29 is 0 Å². The third-order valence-corrected chi connectivity index (χ3v) is 4.99. The van der Waals surface area contributed by atoms with Gasteiger partial charge >= 0.3 is 0 Å². The SMILES string of the molecule is Cc1cc(Sc2nnnn2C2CCCC2)c(CN)c(C)n1. The maximum atomic E-state index is 5.88. The number of pyridine rings is 1. The summed E-state index contributed by atoms with van der Waals surface area (Å²) in [5, 5.41) is 13.1. The quantitative estimate of drug-likeness (QED) is 0.934. The summed E-state index contributed by atoms with van der Waals surface area (Å²) in [7, 11) is 0. The molecule has 7 heteroatoms. The van der Waals surface area contributed by atoms with Gasteiger partial charge in [0.1, 0.15) is 0 Å². The van der Waals surface area contributed by atoms with Crippen molar-refractivity contribution in [3.8, 4) is 0 Å². The van der Waals surface area contributed by atoms with E-state index in [2.05, 4.69) is 26.6 Å². The van der Waals surface area contributed by atoms with Gasteiger partial charge in [0.05, 0.1) is 6.04 Å². The van der Waals surface area contributed by atoms with Crippen LogP contribution in [0, 0.1) is 13.8 Å². The van der Waals surface area contributed by atoms with Gasteiger partial charge in [-0.05, 0) is 54.9 Å². The van der Waals surface area contributed by atoms with Gasteiger partial charge in [0.15, 0.2) is 0 Å². The Hall–Kier alpha value is -1.47. The Morgan fingerprint density at radius 1 is 1.33 bits per heavy atom. The van der Waals surface area contributed by atoms with Crippen molar-refractivity contribution in [1.29, 1.82) is 0 Å². The molecule has 1 aliphatic rings. The van der Waals surface area contributed by atoms with Crippen LogP contribution in [0.1, 0.15) is 48.7 Å². The molecule has 0 aliphatic heterocycles. The second kappa shape index (κ2) is 6.11. The number of rotatable bonds is 4. The average Bonchev–Trinajstić information content (AvgIpc) is 3.08. The molecule has 3 rings (SSSR count). The van der Waals surface area contributed by atoms with E-state index in [1.807, 2.05) is 18.5 Å². The van der Waals surface area contributed by atoms with Gasteiger partial charge in [0, 0.05) is 28.4 Å². The lowest BCUT2D eigenvalue weighted by Gasteiger charge is -2.13. The first kappa shape index (κ1) is 14.5. The highest BCUT2D eigenvalue weighted by Crippen LogP contribution is 2.35. The highest BCUT2D eigenvalue weighted by molar-refractivity contribution is 7.99. The van der Waals surface area contributed by atoms with E-state index in [9.17, 15) is 0 Å². The zero-order valence-electron chi connectivity index (χ0n) is 12.4. The van der Waals surface area contributed by atoms with Crippen molar-refractivity contribution in [2.24, 2.45) is 5.73 Å². The Morgan fingerprint density at radius 2 is 2.10 bits per heavy atom. The van der Waals surface area contributed by atoms with Gasteiger partial charge in [-0.25, -0.2) is 4.68 Å². The van der Waals surface area contributed by atoms with Crippen LogP contribution in [-0.2, 0) is 6.54 Å². The number of hydrogen-bond donors (Lipinski definition) is 1. The summed E-state index contributed by atoms with van der Waals surface area (Å²) in [6, 6.07) is 2.50. The van der Waals surface area contributed by atoms with Crippen molar-refractivity contribution >= 4 is 11.8 Å². The predicted octanol–water partition coefficient (Wildman–Crippen LogP) is 2.41. The minimum absolute atomic E-state index is 0.438. The topological polar surface area (TPSA) is 82.5 Å². The molecule has 21 heavy (non-hydrogen) atoms. The molecule has 0 saturated heterocycles. The molecular formula is C14H20N6S. The molecule has 1 fully saturated rings. The summed E-state index contributed by atoms with van der Waals surface area (Å²) < 4.78 is 1.98. The zero-order chi connectivity index (χ0) is 14.8. The summed E-state index contributed by atoms with van der Waals surface area (Å²) >= 11 is 1.59. The second-order valence-electron chi connectivity index (χ2n) is 5.48. The summed E-state index contributed by atoms with van der Waals surface area (Å²) in [4.78, 5) is 5.59. The first-order valence-corrected chi connectivity index (χ1v) is 8.13. The summed E-state index contributed by atoms with van der Waals surface area (Å²) in [6.45, 7) is 4.48. The lowest BCUT2D eigenvalue weighted by Crippen LogP contribution is -2.09. The molecule has 6 nitrogen and oxygen atoms in total. The van der Waals surface area contributed by atoms with E-state index in [-0.39, 0.29) is 0 Å². The number of nitrogens with two attached hydrogens (primary N) is 1. The molecule has 1 saturated carbocycles. The van der Waals surface area contributed by atoms with Crippen LogP contribution in [0.2, 0.25) is 0 Å². The maximum absolute atomic E-state index is 5.88. The highest BCUT2D eigenvalue weighted by atomic mass is 32.2.